The highest BCUT2D eigenvalue weighted by Gasteiger charge is 2.26. The minimum absolute atomic E-state index is 0.0154. The van der Waals surface area contributed by atoms with Crippen LogP contribution in [0, 0.1) is 0 Å². The van der Waals surface area contributed by atoms with Gasteiger partial charge in [0.05, 0.1) is 25.6 Å². The maximum absolute atomic E-state index is 11.9. The van der Waals surface area contributed by atoms with Crippen molar-refractivity contribution in [1.82, 2.24) is 5.32 Å². The van der Waals surface area contributed by atoms with Crippen LogP contribution in [-0.2, 0) is 5.60 Å². The van der Waals surface area contributed by atoms with E-state index in [-0.39, 0.29) is 6.54 Å². The number of amides is 2. The molecule has 1 heterocycles. The van der Waals surface area contributed by atoms with E-state index in [1.807, 2.05) is 6.07 Å². The Morgan fingerprint density at radius 1 is 1.33 bits per heavy atom. The van der Waals surface area contributed by atoms with Crippen LogP contribution in [-0.4, -0.2) is 24.8 Å². The van der Waals surface area contributed by atoms with E-state index in [1.165, 1.54) is 13.4 Å². The van der Waals surface area contributed by atoms with E-state index in [0.29, 0.717) is 17.2 Å². The molecule has 2 amide bonds. The number of hydrogen-bond acceptors (Lipinski definition) is 4. The highest BCUT2D eigenvalue weighted by molar-refractivity contribution is 5.90. The Hall–Kier alpha value is -2.47. The minimum Gasteiger partial charge on any atom is -0.495 e. The van der Waals surface area contributed by atoms with Gasteiger partial charge in [-0.3, -0.25) is 0 Å². The fourth-order valence-electron chi connectivity index (χ4n) is 1.84. The van der Waals surface area contributed by atoms with E-state index >= 15 is 0 Å². The van der Waals surface area contributed by atoms with Crippen molar-refractivity contribution < 1.29 is 19.1 Å². The number of carbonyl (C=O) groups excluding carboxylic acids is 1. The molecule has 0 saturated heterocycles. The molecular weight excluding hydrogens is 272 g/mol. The van der Waals surface area contributed by atoms with Crippen LogP contribution in [0.1, 0.15) is 12.7 Å². The van der Waals surface area contributed by atoms with Gasteiger partial charge in [0.25, 0.3) is 0 Å². The molecule has 6 nitrogen and oxygen atoms in total. The molecule has 1 aromatic carbocycles. The summed E-state index contributed by atoms with van der Waals surface area (Å²) in [5.74, 6) is 0.950. The highest BCUT2D eigenvalue weighted by Crippen LogP contribution is 2.23. The van der Waals surface area contributed by atoms with Crippen molar-refractivity contribution >= 4 is 11.7 Å². The van der Waals surface area contributed by atoms with E-state index in [1.54, 1.807) is 37.3 Å². The maximum Gasteiger partial charge on any atom is 0.319 e. The molecule has 0 spiro atoms. The largest absolute Gasteiger partial charge is 0.495 e. The summed E-state index contributed by atoms with van der Waals surface area (Å²) in [4.78, 5) is 11.9. The Bertz CT molecular complexity index is 593. The summed E-state index contributed by atoms with van der Waals surface area (Å²) in [6.07, 6.45) is 1.47. The number of benzene rings is 1. The Kier molecular flexibility index (Phi) is 4.49. The minimum atomic E-state index is -1.28. The van der Waals surface area contributed by atoms with Crippen LogP contribution in [0.2, 0.25) is 0 Å². The SMILES string of the molecule is COc1ccccc1NC(=O)NCC(C)(O)c1ccco1. The number of carbonyl (C=O) groups is 1. The molecule has 1 atom stereocenters. The average molecular weight is 290 g/mol. The van der Waals surface area contributed by atoms with Crippen molar-refractivity contribution in [2.75, 3.05) is 19.0 Å². The molecule has 0 saturated carbocycles. The number of anilines is 1. The Balaban J connectivity index is 1.93. The molecule has 112 valence electrons. The lowest BCUT2D eigenvalue weighted by atomic mass is 10.0. The first-order chi connectivity index (χ1) is 10.0. The van der Waals surface area contributed by atoms with Gasteiger partial charge in [-0.2, -0.15) is 0 Å². The molecule has 0 radical (unpaired) electrons. The molecular formula is C15H18N2O4. The number of para-hydroxylation sites is 2. The molecule has 0 bridgehead atoms. The summed E-state index contributed by atoms with van der Waals surface area (Å²) in [6, 6.07) is 9.96. The molecule has 2 rings (SSSR count). The third-order valence-electron chi connectivity index (χ3n) is 3.00. The second kappa shape index (κ2) is 6.32. The van der Waals surface area contributed by atoms with Gasteiger partial charge >= 0.3 is 6.03 Å². The third kappa shape index (κ3) is 3.76. The van der Waals surface area contributed by atoms with E-state index in [0.717, 1.165) is 0 Å². The second-order valence-corrected chi connectivity index (χ2v) is 4.76. The quantitative estimate of drug-likeness (QED) is 0.789. The molecule has 6 heteroatoms. The topological polar surface area (TPSA) is 83.7 Å². The van der Waals surface area contributed by atoms with Gasteiger partial charge in [-0.05, 0) is 31.2 Å². The van der Waals surface area contributed by atoms with Crippen molar-refractivity contribution in [3.8, 4) is 5.75 Å². The molecule has 1 unspecified atom stereocenters. The lowest BCUT2D eigenvalue weighted by Crippen LogP contribution is -2.40. The predicted octanol–water partition coefficient (Wildman–Crippen LogP) is 2.32. The number of hydrogen-bond donors (Lipinski definition) is 3. The number of ether oxygens (including phenoxy) is 1. The molecule has 0 aliphatic heterocycles. The summed E-state index contributed by atoms with van der Waals surface area (Å²) in [6.45, 7) is 1.58. The van der Waals surface area contributed by atoms with Crippen LogP contribution in [0.3, 0.4) is 0 Å². The summed E-state index contributed by atoms with van der Waals surface area (Å²) in [5.41, 5.74) is -0.725. The zero-order valence-corrected chi connectivity index (χ0v) is 11.9. The van der Waals surface area contributed by atoms with E-state index in [2.05, 4.69) is 10.6 Å². The number of nitrogens with one attached hydrogen (secondary N) is 2. The zero-order chi connectivity index (χ0) is 15.3. The fraction of sp³-hybridized carbons (Fsp3) is 0.267. The van der Waals surface area contributed by atoms with Crippen LogP contribution in [0.15, 0.2) is 47.1 Å². The Labute approximate surface area is 122 Å². The first kappa shape index (κ1) is 14.9. The monoisotopic (exact) mass is 290 g/mol. The number of methoxy groups -OCH3 is 1. The maximum atomic E-state index is 11.9. The summed E-state index contributed by atoms with van der Waals surface area (Å²) >= 11 is 0. The molecule has 0 fully saturated rings. The average Bonchev–Trinajstić information content (AvgIpc) is 3.01. The number of urea groups is 1. The van der Waals surface area contributed by atoms with E-state index in [4.69, 9.17) is 9.15 Å². The summed E-state index contributed by atoms with van der Waals surface area (Å²) < 4.78 is 10.3. The Morgan fingerprint density at radius 2 is 2.10 bits per heavy atom. The molecule has 2 aromatic rings. The van der Waals surface area contributed by atoms with E-state index < -0.39 is 11.6 Å². The van der Waals surface area contributed by atoms with Gasteiger partial charge in [0.1, 0.15) is 17.1 Å². The third-order valence-corrected chi connectivity index (χ3v) is 3.00. The highest BCUT2D eigenvalue weighted by atomic mass is 16.5. The van der Waals surface area contributed by atoms with Crippen LogP contribution in [0.25, 0.3) is 0 Å². The normalized spacial score (nSPS) is 13.3. The molecule has 1 aromatic heterocycles. The standard InChI is InChI=1S/C15H18N2O4/c1-15(19,13-8-5-9-21-13)10-16-14(18)17-11-6-3-4-7-12(11)20-2/h3-9,19H,10H2,1-2H3,(H2,16,17,18). The smallest absolute Gasteiger partial charge is 0.319 e. The van der Waals surface area contributed by atoms with E-state index in [9.17, 15) is 9.90 Å². The van der Waals surface area contributed by atoms with Crippen LogP contribution < -0.4 is 15.4 Å². The summed E-state index contributed by atoms with van der Waals surface area (Å²) in [7, 11) is 1.53. The molecule has 0 aliphatic rings. The second-order valence-electron chi connectivity index (χ2n) is 4.76. The van der Waals surface area contributed by atoms with Gasteiger partial charge < -0.3 is 24.9 Å². The lowest BCUT2D eigenvalue weighted by molar-refractivity contribution is 0.0372. The Morgan fingerprint density at radius 3 is 2.76 bits per heavy atom. The molecule has 3 N–H and O–H groups in total. The summed E-state index contributed by atoms with van der Waals surface area (Å²) in [5, 5.41) is 15.5. The van der Waals surface area contributed by atoms with Gasteiger partial charge in [0, 0.05) is 0 Å². The fourth-order valence-corrected chi connectivity index (χ4v) is 1.84. The van der Waals surface area contributed by atoms with Crippen molar-refractivity contribution in [1.29, 1.82) is 0 Å². The first-order valence-corrected chi connectivity index (χ1v) is 6.47. The lowest BCUT2D eigenvalue weighted by Gasteiger charge is -2.21. The van der Waals surface area contributed by atoms with Crippen molar-refractivity contribution in [2.24, 2.45) is 0 Å². The van der Waals surface area contributed by atoms with Crippen LogP contribution >= 0.6 is 0 Å². The molecule has 21 heavy (non-hydrogen) atoms. The molecule has 0 aliphatic carbocycles. The van der Waals surface area contributed by atoms with Crippen molar-refractivity contribution in [3.05, 3.63) is 48.4 Å². The number of aliphatic hydroxyl groups is 1. The van der Waals surface area contributed by atoms with Crippen LogP contribution in [0.5, 0.6) is 5.75 Å². The number of rotatable bonds is 5. The zero-order valence-electron chi connectivity index (χ0n) is 11.9. The van der Waals surface area contributed by atoms with Crippen molar-refractivity contribution in [2.45, 2.75) is 12.5 Å². The van der Waals surface area contributed by atoms with Crippen molar-refractivity contribution in [3.63, 3.8) is 0 Å². The predicted molar refractivity (Wildman–Crippen MR) is 78.3 cm³/mol. The van der Waals surface area contributed by atoms with Crippen LogP contribution in [0.4, 0.5) is 10.5 Å². The first-order valence-electron chi connectivity index (χ1n) is 6.47. The van der Waals surface area contributed by atoms with Gasteiger partial charge in [0.15, 0.2) is 0 Å². The number of furan rings is 1. The van der Waals surface area contributed by atoms with Gasteiger partial charge in [-0.15, -0.1) is 0 Å². The van der Waals surface area contributed by atoms with Gasteiger partial charge in [-0.1, -0.05) is 12.1 Å². The van der Waals surface area contributed by atoms with Gasteiger partial charge in [0.2, 0.25) is 0 Å². The van der Waals surface area contributed by atoms with Gasteiger partial charge in [-0.25, -0.2) is 4.79 Å².